The van der Waals surface area contributed by atoms with Crippen molar-refractivity contribution in [3.8, 4) is 0 Å². The lowest BCUT2D eigenvalue weighted by Crippen LogP contribution is -2.23. The molecular formula is C15H29NO2. The van der Waals surface area contributed by atoms with E-state index in [-0.39, 0.29) is 5.91 Å². The van der Waals surface area contributed by atoms with Gasteiger partial charge in [0.2, 0.25) is 5.91 Å². The van der Waals surface area contributed by atoms with Crippen LogP contribution in [0.1, 0.15) is 78.1 Å². The average molecular weight is 255 g/mol. The van der Waals surface area contributed by atoms with Crippen molar-refractivity contribution in [3.05, 3.63) is 0 Å². The van der Waals surface area contributed by atoms with E-state index >= 15 is 0 Å². The molecule has 3 nitrogen and oxygen atoms in total. The lowest BCUT2D eigenvalue weighted by molar-refractivity contribution is -0.121. The van der Waals surface area contributed by atoms with Gasteiger partial charge in [0.15, 0.2) is 0 Å². The van der Waals surface area contributed by atoms with Crippen LogP contribution in [0.25, 0.3) is 0 Å². The van der Waals surface area contributed by atoms with Crippen LogP contribution in [0.5, 0.6) is 0 Å². The summed E-state index contributed by atoms with van der Waals surface area (Å²) in [5.74, 6) is 0.492. The molecule has 0 aliphatic rings. The van der Waals surface area contributed by atoms with Gasteiger partial charge in [0.25, 0.3) is 0 Å². The largest absolute Gasteiger partial charge is 0.356 e. The molecule has 0 heterocycles. The Morgan fingerprint density at radius 1 is 0.833 bits per heavy atom. The maximum atomic E-state index is 11.3. The maximum Gasteiger partial charge on any atom is 0.219 e. The predicted octanol–water partition coefficient (Wildman–Crippen LogP) is 3.61. The molecule has 0 aromatic heterocycles. The molecule has 1 N–H and O–H groups in total. The molecule has 0 radical (unpaired) electrons. The van der Waals surface area contributed by atoms with E-state index in [1.807, 2.05) is 0 Å². The van der Waals surface area contributed by atoms with E-state index in [0.717, 1.165) is 45.1 Å². The summed E-state index contributed by atoms with van der Waals surface area (Å²) in [5.41, 5.74) is 0. The molecule has 3 heteroatoms. The summed E-state index contributed by atoms with van der Waals surface area (Å²) >= 11 is 0. The zero-order valence-electron chi connectivity index (χ0n) is 12.1. The zero-order valence-corrected chi connectivity index (χ0v) is 12.1. The first-order valence-corrected chi connectivity index (χ1v) is 7.43. The van der Waals surface area contributed by atoms with Crippen LogP contribution in [0.4, 0.5) is 0 Å². The minimum absolute atomic E-state index is 0.193. The Balaban J connectivity index is 3.11. The number of amides is 1. The van der Waals surface area contributed by atoms with Crippen molar-refractivity contribution < 1.29 is 9.59 Å². The minimum Gasteiger partial charge on any atom is -0.356 e. The summed E-state index contributed by atoms with van der Waals surface area (Å²) in [6.07, 6.45) is 10.4. The third kappa shape index (κ3) is 13.2. The number of ketones is 1. The Morgan fingerprint density at radius 2 is 1.33 bits per heavy atom. The van der Waals surface area contributed by atoms with Crippen molar-refractivity contribution in [2.75, 3.05) is 6.54 Å². The Kier molecular flexibility index (Phi) is 12.0. The molecule has 0 bridgehead atoms. The van der Waals surface area contributed by atoms with Gasteiger partial charge in [-0.15, -0.1) is 0 Å². The molecule has 0 spiro atoms. The van der Waals surface area contributed by atoms with Gasteiger partial charge in [-0.3, -0.25) is 4.79 Å². The standard InChI is InChI=1S/C15H29NO2/c1-3-13-16-15(18)12-10-8-6-4-5-7-9-11-14(2)17/h3-13H2,1-2H3,(H,16,18). The van der Waals surface area contributed by atoms with E-state index in [1.54, 1.807) is 6.92 Å². The number of carbonyl (C=O) groups excluding carboxylic acids is 2. The number of hydrogen-bond donors (Lipinski definition) is 1. The Hall–Kier alpha value is -0.860. The van der Waals surface area contributed by atoms with Crippen LogP contribution in [0.3, 0.4) is 0 Å². The molecule has 0 aromatic rings. The summed E-state index contributed by atoms with van der Waals surface area (Å²) in [4.78, 5) is 22.0. The highest BCUT2D eigenvalue weighted by molar-refractivity contribution is 5.75. The van der Waals surface area contributed by atoms with Gasteiger partial charge in [-0.2, -0.15) is 0 Å². The molecule has 0 saturated carbocycles. The van der Waals surface area contributed by atoms with Crippen molar-refractivity contribution in [1.82, 2.24) is 5.32 Å². The Morgan fingerprint density at radius 3 is 1.83 bits per heavy atom. The van der Waals surface area contributed by atoms with Crippen LogP contribution in [-0.4, -0.2) is 18.2 Å². The van der Waals surface area contributed by atoms with Gasteiger partial charge in [0.05, 0.1) is 0 Å². The number of unbranched alkanes of at least 4 members (excludes halogenated alkanes) is 6. The fraction of sp³-hybridized carbons (Fsp3) is 0.867. The van der Waals surface area contributed by atoms with E-state index in [4.69, 9.17) is 0 Å². The number of carbonyl (C=O) groups is 2. The number of rotatable bonds is 12. The van der Waals surface area contributed by atoms with E-state index < -0.39 is 0 Å². The quantitative estimate of drug-likeness (QED) is 0.541. The molecule has 106 valence electrons. The first kappa shape index (κ1) is 17.1. The topological polar surface area (TPSA) is 46.2 Å². The molecule has 0 rings (SSSR count). The van der Waals surface area contributed by atoms with E-state index in [9.17, 15) is 9.59 Å². The molecule has 0 aliphatic carbocycles. The third-order valence-electron chi connectivity index (χ3n) is 3.00. The smallest absolute Gasteiger partial charge is 0.219 e. The normalized spacial score (nSPS) is 10.3. The second kappa shape index (κ2) is 12.6. The van der Waals surface area contributed by atoms with Crippen LogP contribution in [0.15, 0.2) is 0 Å². The zero-order chi connectivity index (χ0) is 13.6. The number of Topliss-reactive ketones (excluding diaryl/α,β-unsaturated/α-hetero) is 1. The Bertz CT molecular complexity index is 227. The molecule has 0 unspecified atom stereocenters. The predicted molar refractivity (Wildman–Crippen MR) is 75.5 cm³/mol. The van der Waals surface area contributed by atoms with Gasteiger partial charge in [-0.05, 0) is 26.2 Å². The van der Waals surface area contributed by atoms with Gasteiger partial charge in [-0.25, -0.2) is 0 Å². The second-order valence-electron chi connectivity index (χ2n) is 5.03. The molecule has 18 heavy (non-hydrogen) atoms. The van der Waals surface area contributed by atoms with Gasteiger partial charge in [0.1, 0.15) is 5.78 Å². The summed E-state index contributed by atoms with van der Waals surface area (Å²) in [6.45, 7) is 4.52. The summed E-state index contributed by atoms with van der Waals surface area (Å²) in [7, 11) is 0. The molecule has 0 saturated heterocycles. The van der Waals surface area contributed by atoms with Gasteiger partial charge < -0.3 is 10.1 Å². The Labute approximate surface area is 112 Å². The van der Waals surface area contributed by atoms with Crippen molar-refractivity contribution in [2.24, 2.45) is 0 Å². The highest BCUT2D eigenvalue weighted by atomic mass is 16.1. The van der Waals surface area contributed by atoms with Crippen LogP contribution in [-0.2, 0) is 9.59 Å². The molecule has 0 fully saturated rings. The minimum atomic E-state index is 0.193. The highest BCUT2D eigenvalue weighted by Crippen LogP contribution is 2.09. The second-order valence-corrected chi connectivity index (χ2v) is 5.03. The van der Waals surface area contributed by atoms with Gasteiger partial charge in [0, 0.05) is 19.4 Å². The third-order valence-corrected chi connectivity index (χ3v) is 3.00. The van der Waals surface area contributed by atoms with Crippen LogP contribution in [0, 0.1) is 0 Å². The highest BCUT2D eigenvalue weighted by Gasteiger charge is 1.99. The fourth-order valence-corrected chi connectivity index (χ4v) is 1.90. The summed E-state index contributed by atoms with van der Waals surface area (Å²) in [6, 6.07) is 0. The number of hydrogen-bond acceptors (Lipinski definition) is 2. The number of nitrogens with one attached hydrogen (secondary N) is 1. The van der Waals surface area contributed by atoms with Crippen LogP contribution >= 0.6 is 0 Å². The first-order chi connectivity index (χ1) is 8.66. The average Bonchev–Trinajstić information content (AvgIpc) is 2.34. The van der Waals surface area contributed by atoms with E-state index in [1.165, 1.54) is 19.3 Å². The van der Waals surface area contributed by atoms with Gasteiger partial charge >= 0.3 is 0 Å². The van der Waals surface area contributed by atoms with E-state index in [0.29, 0.717) is 12.2 Å². The molecular weight excluding hydrogens is 226 g/mol. The lowest BCUT2D eigenvalue weighted by Gasteiger charge is -2.03. The van der Waals surface area contributed by atoms with Crippen LogP contribution < -0.4 is 5.32 Å². The molecule has 0 atom stereocenters. The molecule has 0 aromatic carbocycles. The van der Waals surface area contributed by atoms with Crippen LogP contribution in [0.2, 0.25) is 0 Å². The van der Waals surface area contributed by atoms with Gasteiger partial charge in [-0.1, -0.05) is 39.0 Å². The SMILES string of the molecule is CCCNC(=O)CCCCCCCCCC(C)=O. The van der Waals surface area contributed by atoms with Crippen molar-refractivity contribution in [3.63, 3.8) is 0 Å². The van der Waals surface area contributed by atoms with Crippen molar-refractivity contribution in [1.29, 1.82) is 0 Å². The monoisotopic (exact) mass is 255 g/mol. The molecule has 0 aliphatic heterocycles. The fourth-order valence-electron chi connectivity index (χ4n) is 1.90. The lowest BCUT2D eigenvalue weighted by atomic mass is 10.1. The summed E-state index contributed by atoms with van der Waals surface area (Å²) in [5, 5.41) is 2.89. The van der Waals surface area contributed by atoms with E-state index in [2.05, 4.69) is 12.2 Å². The van der Waals surface area contributed by atoms with Crippen molar-refractivity contribution in [2.45, 2.75) is 78.1 Å². The first-order valence-electron chi connectivity index (χ1n) is 7.43. The maximum absolute atomic E-state index is 11.3. The molecule has 1 amide bonds. The summed E-state index contributed by atoms with van der Waals surface area (Å²) < 4.78 is 0. The van der Waals surface area contributed by atoms with Crippen molar-refractivity contribution >= 4 is 11.7 Å².